The topological polar surface area (TPSA) is 37.4 Å². The SMILES string of the molecule is C=CCN(C(=O)CCC(C)=O)C(C)C. The van der Waals surface area contributed by atoms with Crippen LogP contribution in [0.2, 0.25) is 0 Å². The molecule has 0 N–H and O–H groups in total. The van der Waals surface area contributed by atoms with Crippen LogP contribution >= 0.6 is 0 Å². The molecule has 0 aliphatic rings. The fourth-order valence-electron chi connectivity index (χ4n) is 1.17. The van der Waals surface area contributed by atoms with Crippen molar-refractivity contribution < 1.29 is 9.59 Å². The zero-order valence-electron chi connectivity index (χ0n) is 9.25. The Balaban J connectivity index is 4.14. The standard InChI is InChI=1S/C11H19NO2/c1-5-8-12(9(2)3)11(14)7-6-10(4)13/h5,9H,1,6-8H2,2-4H3. The average Bonchev–Trinajstić information content (AvgIpc) is 2.09. The summed E-state index contributed by atoms with van der Waals surface area (Å²) in [5, 5.41) is 0. The van der Waals surface area contributed by atoms with Crippen LogP contribution in [0.5, 0.6) is 0 Å². The van der Waals surface area contributed by atoms with E-state index in [0.717, 1.165) is 0 Å². The van der Waals surface area contributed by atoms with Crippen molar-refractivity contribution in [3.63, 3.8) is 0 Å². The zero-order valence-corrected chi connectivity index (χ0v) is 9.25. The number of hydrogen-bond acceptors (Lipinski definition) is 2. The second-order valence-corrected chi connectivity index (χ2v) is 3.63. The van der Waals surface area contributed by atoms with Crippen molar-refractivity contribution in [3.05, 3.63) is 12.7 Å². The van der Waals surface area contributed by atoms with Crippen molar-refractivity contribution >= 4 is 11.7 Å². The van der Waals surface area contributed by atoms with Crippen molar-refractivity contribution in [2.24, 2.45) is 0 Å². The first kappa shape index (κ1) is 12.9. The minimum atomic E-state index is 0.0232. The molecule has 1 amide bonds. The summed E-state index contributed by atoms with van der Waals surface area (Å²) in [4.78, 5) is 24.0. The average molecular weight is 197 g/mol. The highest BCUT2D eigenvalue weighted by Gasteiger charge is 2.15. The zero-order chi connectivity index (χ0) is 11.1. The molecule has 3 heteroatoms. The molecule has 0 saturated heterocycles. The van der Waals surface area contributed by atoms with Crippen LogP contribution in [0.4, 0.5) is 0 Å². The van der Waals surface area contributed by atoms with Gasteiger partial charge in [0.05, 0.1) is 0 Å². The molecule has 0 saturated carbocycles. The number of nitrogens with zero attached hydrogens (tertiary/aromatic N) is 1. The van der Waals surface area contributed by atoms with E-state index in [2.05, 4.69) is 6.58 Å². The van der Waals surface area contributed by atoms with Crippen molar-refractivity contribution in [2.75, 3.05) is 6.54 Å². The van der Waals surface area contributed by atoms with Gasteiger partial charge in [-0.3, -0.25) is 4.79 Å². The Morgan fingerprint density at radius 3 is 2.29 bits per heavy atom. The van der Waals surface area contributed by atoms with Crippen LogP contribution in [0.3, 0.4) is 0 Å². The van der Waals surface area contributed by atoms with E-state index < -0.39 is 0 Å². The van der Waals surface area contributed by atoms with Gasteiger partial charge in [-0.25, -0.2) is 0 Å². The number of hydrogen-bond donors (Lipinski definition) is 0. The molecule has 0 radical (unpaired) electrons. The van der Waals surface area contributed by atoms with Crippen LogP contribution in [0.25, 0.3) is 0 Å². The highest BCUT2D eigenvalue weighted by Crippen LogP contribution is 2.04. The molecule has 0 aromatic rings. The van der Waals surface area contributed by atoms with Gasteiger partial charge in [-0.1, -0.05) is 6.08 Å². The first-order chi connectivity index (χ1) is 6.49. The van der Waals surface area contributed by atoms with Gasteiger partial charge in [-0.05, 0) is 20.8 Å². The number of amides is 1. The largest absolute Gasteiger partial charge is 0.337 e. The second kappa shape index (κ2) is 6.35. The van der Waals surface area contributed by atoms with Gasteiger partial charge in [0.1, 0.15) is 5.78 Å². The minimum Gasteiger partial charge on any atom is -0.337 e. The molecule has 0 bridgehead atoms. The minimum absolute atomic E-state index is 0.0232. The molecule has 0 fully saturated rings. The van der Waals surface area contributed by atoms with Crippen molar-refractivity contribution in [1.29, 1.82) is 0 Å². The molecule has 0 spiro atoms. The van der Waals surface area contributed by atoms with Crippen LogP contribution in [0.15, 0.2) is 12.7 Å². The molecule has 0 heterocycles. The normalized spacial score (nSPS) is 10.0. The molecule has 0 aromatic carbocycles. The second-order valence-electron chi connectivity index (χ2n) is 3.63. The molecule has 0 rings (SSSR count). The fraction of sp³-hybridized carbons (Fsp3) is 0.636. The molecule has 80 valence electrons. The van der Waals surface area contributed by atoms with Gasteiger partial charge in [-0.15, -0.1) is 6.58 Å². The van der Waals surface area contributed by atoms with E-state index in [1.807, 2.05) is 13.8 Å². The molecule has 0 atom stereocenters. The lowest BCUT2D eigenvalue weighted by Crippen LogP contribution is -2.37. The number of carbonyl (C=O) groups is 2. The number of carbonyl (C=O) groups excluding carboxylic acids is 2. The fourth-order valence-corrected chi connectivity index (χ4v) is 1.17. The van der Waals surface area contributed by atoms with Crippen LogP contribution < -0.4 is 0 Å². The van der Waals surface area contributed by atoms with E-state index in [-0.39, 0.29) is 17.7 Å². The molecular weight excluding hydrogens is 178 g/mol. The molecule has 0 aliphatic heterocycles. The monoisotopic (exact) mass is 197 g/mol. The number of rotatable bonds is 6. The Morgan fingerprint density at radius 2 is 1.93 bits per heavy atom. The Morgan fingerprint density at radius 1 is 1.36 bits per heavy atom. The quantitative estimate of drug-likeness (QED) is 0.609. The molecular formula is C11H19NO2. The van der Waals surface area contributed by atoms with Gasteiger partial charge in [0.15, 0.2) is 0 Å². The van der Waals surface area contributed by atoms with Crippen LogP contribution in [-0.2, 0) is 9.59 Å². The summed E-state index contributed by atoms with van der Waals surface area (Å²) < 4.78 is 0. The smallest absolute Gasteiger partial charge is 0.223 e. The Kier molecular flexibility index (Phi) is 5.84. The van der Waals surface area contributed by atoms with Gasteiger partial charge >= 0.3 is 0 Å². The van der Waals surface area contributed by atoms with E-state index in [1.54, 1.807) is 11.0 Å². The maximum absolute atomic E-state index is 11.6. The Hall–Kier alpha value is -1.12. The summed E-state index contributed by atoms with van der Waals surface area (Å²) in [5.41, 5.74) is 0. The van der Waals surface area contributed by atoms with Crippen molar-refractivity contribution in [1.82, 2.24) is 4.90 Å². The summed E-state index contributed by atoms with van der Waals surface area (Å²) in [5.74, 6) is 0.0794. The molecule has 0 aromatic heterocycles. The van der Waals surface area contributed by atoms with Gasteiger partial charge in [0, 0.05) is 25.4 Å². The lowest BCUT2D eigenvalue weighted by Gasteiger charge is -2.25. The molecule has 0 unspecified atom stereocenters. The number of Topliss-reactive ketones (excluding diaryl/α,β-unsaturated/α-hetero) is 1. The molecule has 3 nitrogen and oxygen atoms in total. The van der Waals surface area contributed by atoms with Crippen LogP contribution in [0, 0.1) is 0 Å². The highest BCUT2D eigenvalue weighted by atomic mass is 16.2. The van der Waals surface area contributed by atoms with Crippen molar-refractivity contribution in [3.8, 4) is 0 Å². The molecule has 14 heavy (non-hydrogen) atoms. The highest BCUT2D eigenvalue weighted by molar-refractivity contribution is 5.83. The number of ketones is 1. The summed E-state index contributed by atoms with van der Waals surface area (Å²) in [6.07, 6.45) is 2.34. The van der Waals surface area contributed by atoms with Crippen LogP contribution in [0.1, 0.15) is 33.6 Å². The summed E-state index contributed by atoms with van der Waals surface area (Å²) in [6.45, 7) is 9.56. The van der Waals surface area contributed by atoms with Gasteiger partial charge in [0.2, 0.25) is 5.91 Å². The maximum Gasteiger partial charge on any atom is 0.223 e. The maximum atomic E-state index is 11.6. The first-order valence-electron chi connectivity index (χ1n) is 4.88. The van der Waals surface area contributed by atoms with E-state index in [9.17, 15) is 9.59 Å². The van der Waals surface area contributed by atoms with Gasteiger partial charge in [0.25, 0.3) is 0 Å². The van der Waals surface area contributed by atoms with E-state index in [0.29, 0.717) is 19.4 Å². The Labute approximate surface area is 85.8 Å². The summed E-state index contributed by atoms with van der Waals surface area (Å²) in [6, 6.07) is 0.160. The third kappa shape index (κ3) is 4.80. The third-order valence-electron chi connectivity index (χ3n) is 1.96. The van der Waals surface area contributed by atoms with Crippen LogP contribution in [-0.4, -0.2) is 29.2 Å². The van der Waals surface area contributed by atoms with Gasteiger partial charge in [-0.2, -0.15) is 0 Å². The first-order valence-corrected chi connectivity index (χ1v) is 4.88. The lowest BCUT2D eigenvalue weighted by molar-refractivity contribution is -0.133. The summed E-state index contributed by atoms with van der Waals surface area (Å²) >= 11 is 0. The van der Waals surface area contributed by atoms with E-state index >= 15 is 0 Å². The van der Waals surface area contributed by atoms with E-state index in [1.165, 1.54) is 6.92 Å². The summed E-state index contributed by atoms with van der Waals surface area (Å²) in [7, 11) is 0. The predicted molar refractivity (Wildman–Crippen MR) is 57.0 cm³/mol. The Bertz CT molecular complexity index is 221. The predicted octanol–water partition coefficient (Wildman–Crippen LogP) is 1.78. The van der Waals surface area contributed by atoms with Crippen molar-refractivity contribution in [2.45, 2.75) is 39.7 Å². The van der Waals surface area contributed by atoms with E-state index in [4.69, 9.17) is 0 Å². The third-order valence-corrected chi connectivity index (χ3v) is 1.96. The molecule has 0 aliphatic carbocycles. The van der Waals surface area contributed by atoms with Gasteiger partial charge < -0.3 is 9.69 Å². The lowest BCUT2D eigenvalue weighted by atomic mass is 10.2.